The average Bonchev–Trinajstić information content (AvgIpc) is 2.32. The Morgan fingerprint density at radius 1 is 1.29 bits per heavy atom. The summed E-state index contributed by atoms with van der Waals surface area (Å²) >= 11 is 3.31. The van der Waals surface area contributed by atoms with Gasteiger partial charge in [0.15, 0.2) is 0 Å². The number of pyridine rings is 1. The van der Waals surface area contributed by atoms with Crippen LogP contribution in [-0.2, 0) is 6.61 Å². The topological polar surface area (TPSA) is 22.1 Å². The molecule has 2 rings (SSSR count). The van der Waals surface area contributed by atoms with Gasteiger partial charge >= 0.3 is 0 Å². The maximum Gasteiger partial charge on any atom is 0.130 e. The second-order valence-corrected chi connectivity index (χ2v) is 4.58. The molecule has 1 aromatic carbocycles. The molecule has 0 bridgehead atoms. The zero-order valence-electron chi connectivity index (χ0n) is 9.28. The maximum absolute atomic E-state index is 13.0. The minimum absolute atomic E-state index is 0.297. The predicted octanol–water partition coefficient (Wildman–Crippen LogP) is 3.87. The van der Waals surface area contributed by atoms with Crippen LogP contribution in [0.4, 0.5) is 4.39 Å². The lowest BCUT2D eigenvalue weighted by molar-refractivity contribution is 0.297. The van der Waals surface area contributed by atoms with Crippen LogP contribution in [0.1, 0.15) is 11.3 Å². The maximum atomic E-state index is 13.0. The highest BCUT2D eigenvalue weighted by molar-refractivity contribution is 9.10. The quantitative estimate of drug-likeness (QED) is 0.857. The molecule has 0 amide bonds. The van der Waals surface area contributed by atoms with Crippen LogP contribution in [0.5, 0.6) is 5.75 Å². The number of ether oxygens (including phenoxy) is 1. The molecule has 0 aliphatic carbocycles. The SMILES string of the molecule is Cc1ccc(F)cc1OCc1ccc(Br)cn1. The van der Waals surface area contributed by atoms with E-state index in [0.29, 0.717) is 12.4 Å². The van der Waals surface area contributed by atoms with Crippen molar-refractivity contribution in [2.75, 3.05) is 0 Å². The zero-order chi connectivity index (χ0) is 12.3. The first kappa shape index (κ1) is 12.0. The van der Waals surface area contributed by atoms with Gasteiger partial charge in [-0.05, 0) is 46.6 Å². The Labute approximate surface area is 108 Å². The second-order valence-electron chi connectivity index (χ2n) is 3.67. The Bertz CT molecular complexity index is 513. The first-order valence-electron chi connectivity index (χ1n) is 5.14. The van der Waals surface area contributed by atoms with Gasteiger partial charge in [-0.15, -0.1) is 0 Å². The van der Waals surface area contributed by atoms with Crippen LogP contribution in [0.2, 0.25) is 0 Å². The lowest BCUT2D eigenvalue weighted by atomic mass is 10.2. The first-order chi connectivity index (χ1) is 8.15. The Morgan fingerprint density at radius 2 is 2.12 bits per heavy atom. The summed E-state index contributed by atoms with van der Waals surface area (Å²) in [5, 5.41) is 0. The van der Waals surface area contributed by atoms with Gasteiger partial charge in [0.2, 0.25) is 0 Å². The van der Waals surface area contributed by atoms with Crippen LogP contribution in [0.25, 0.3) is 0 Å². The van der Waals surface area contributed by atoms with E-state index >= 15 is 0 Å². The first-order valence-corrected chi connectivity index (χ1v) is 5.94. The Morgan fingerprint density at radius 3 is 2.82 bits per heavy atom. The van der Waals surface area contributed by atoms with E-state index < -0.39 is 0 Å². The van der Waals surface area contributed by atoms with Crippen molar-refractivity contribution in [3.05, 3.63) is 58.1 Å². The van der Waals surface area contributed by atoms with E-state index in [0.717, 1.165) is 15.7 Å². The van der Waals surface area contributed by atoms with E-state index in [9.17, 15) is 4.39 Å². The normalized spacial score (nSPS) is 10.3. The van der Waals surface area contributed by atoms with Gasteiger partial charge in [0.05, 0.1) is 5.69 Å². The van der Waals surface area contributed by atoms with Crippen LogP contribution in [-0.4, -0.2) is 4.98 Å². The molecule has 0 aliphatic rings. The van der Waals surface area contributed by atoms with E-state index in [4.69, 9.17) is 4.74 Å². The summed E-state index contributed by atoms with van der Waals surface area (Å²) in [6.45, 7) is 2.21. The minimum Gasteiger partial charge on any atom is -0.487 e. The van der Waals surface area contributed by atoms with Gasteiger partial charge in [-0.2, -0.15) is 0 Å². The summed E-state index contributed by atoms with van der Waals surface area (Å²) in [4.78, 5) is 4.18. The number of hydrogen-bond acceptors (Lipinski definition) is 2. The van der Waals surface area contributed by atoms with E-state index in [1.165, 1.54) is 12.1 Å². The highest BCUT2D eigenvalue weighted by Gasteiger charge is 2.02. The van der Waals surface area contributed by atoms with Crippen molar-refractivity contribution in [1.82, 2.24) is 4.98 Å². The molecule has 0 spiro atoms. The average molecular weight is 296 g/mol. The van der Waals surface area contributed by atoms with Gasteiger partial charge in [-0.1, -0.05) is 6.07 Å². The second kappa shape index (κ2) is 5.27. The molecule has 0 saturated heterocycles. The molecular formula is C13H11BrFNO. The Balaban J connectivity index is 2.07. The number of nitrogens with zero attached hydrogens (tertiary/aromatic N) is 1. The summed E-state index contributed by atoms with van der Waals surface area (Å²) in [6.07, 6.45) is 1.71. The number of halogens is 2. The molecule has 17 heavy (non-hydrogen) atoms. The monoisotopic (exact) mass is 295 g/mol. The molecule has 0 saturated carbocycles. The smallest absolute Gasteiger partial charge is 0.130 e. The van der Waals surface area contributed by atoms with Crippen molar-refractivity contribution in [2.24, 2.45) is 0 Å². The van der Waals surface area contributed by atoms with Crippen molar-refractivity contribution in [3.8, 4) is 5.75 Å². The molecule has 0 radical (unpaired) electrons. The highest BCUT2D eigenvalue weighted by Crippen LogP contribution is 2.20. The number of aryl methyl sites for hydroxylation is 1. The van der Waals surface area contributed by atoms with Crippen molar-refractivity contribution >= 4 is 15.9 Å². The van der Waals surface area contributed by atoms with E-state index in [-0.39, 0.29) is 5.82 Å². The van der Waals surface area contributed by atoms with E-state index in [2.05, 4.69) is 20.9 Å². The number of hydrogen-bond donors (Lipinski definition) is 0. The third-order valence-corrected chi connectivity index (χ3v) is 2.78. The zero-order valence-corrected chi connectivity index (χ0v) is 10.9. The molecule has 2 nitrogen and oxygen atoms in total. The van der Waals surface area contributed by atoms with Crippen molar-refractivity contribution in [3.63, 3.8) is 0 Å². The van der Waals surface area contributed by atoms with Gasteiger partial charge in [-0.25, -0.2) is 4.39 Å². The van der Waals surface area contributed by atoms with Crippen molar-refractivity contribution in [2.45, 2.75) is 13.5 Å². The molecule has 0 aliphatic heterocycles. The molecular weight excluding hydrogens is 285 g/mol. The molecule has 0 fully saturated rings. The van der Waals surface area contributed by atoms with E-state index in [1.54, 1.807) is 12.3 Å². The van der Waals surface area contributed by atoms with Crippen LogP contribution < -0.4 is 4.74 Å². The number of benzene rings is 1. The van der Waals surface area contributed by atoms with Crippen LogP contribution in [0.15, 0.2) is 41.0 Å². The third kappa shape index (κ3) is 3.27. The molecule has 88 valence electrons. The molecule has 0 unspecified atom stereocenters. The fraction of sp³-hybridized carbons (Fsp3) is 0.154. The van der Waals surface area contributed by atoms with Gasteiger partial charge in [0.1, 0.15) is 18.2 Å². The summed E-state index contributed by atoms with van der Waals surface area (Å²) in [6, 6.07) is 8.25. The third-order valence-electron chi connectivity index (χ3n) is 2.31. The highest BCUT2D eigenvalue weighted by atomic mass is 79.9. The lowest BCUT2D eigenvalue weighted by Crippen LogP contribution is -1.99. The summed E-state index contributed by atoms with van der Waals surface area (Å²) < 4.78 is 19.5. The summed E-state index contributed by atoms with van der Waals surface area (Å²) in [5.41, 5.74) is 1.71. The lowest BCUT2D eigenvalue weighted by Gasteiger charge is -2.08. The fourth-order valence-electron chi connectivity index (χ4n) is 1.37. The van der Waals surface area contributed by atoms with Gasteiger partial charge < -0.3 is 4.74 Å². The van der Waals surface area contributed by atoms with Gasteiger partial charge in [-0.3, -0.25) is 4.98 Å². The Hall–Kier alpha value is -1.42. The Kier molecular flexibility index (Phi) is 3.74. The van der Waals surface area contributed by atoms with Gasteiger partial charge in [0, 0.05) is 16.7 Å². The molecule has 0 N–H and O–H groups in total. The van der Waals surface area contributed by atoms with Crippen LogP contribution >= 0.6 is 15.9 Å². The summed E-state index contributed by atoms with van der Waals surface area (Å²) in [7, 11) is 0. The molecule has 1 heterocycles. The van der Waals surface area contributed by atoms with Crippen LogP contribution in [0, 0.1) is 12.7 Å². The minimum atomic E-state index is -0.297. The largest absolute Gasteiger partial charge is 0.487 e. The van der Waals surface area contributed by atoms with Crippen molar-refractivity contribution in [1.29, 1.82) is 0 Å². The number of rotatable bonds is 3. The fourth-order valence-corrected chi connectivity index (χ4v) is 1.61. The van der Waals surface area contributed by atoms with Crippen molar-refractivity contribution < 1.29 is 9.13 Å². The van der Waals surface area contributed by atoms with Crippen LogP contribution in [0.3, 0.4) is 0 Å². The summed E-state index contributed by atoms with van der Waals surface area (Å²) in [5.74, 6) is 0.254. The molecule has 2 aromatic rings. The number of aromatic nitrogens is 1. The standard InChI is InChI=1S/C13H11BrFNO/c1-9-2-4-11(15)6-13(9)17-8-12-5-3-10(14)7-16-12/h2-7H,8H2,1H3. The van der Waals surface area contributed by atoms with Gasteiger partial charge in [0.25, 0.3) is 0 Å². The molecule has 4 heteroatoms. The van der Waals surface area contributed by atoms with E-state index in [1.807, 2.05) is 19.1 Å². The molecule has 0 atom stereocenters. The predicted molar refractivity (Wildman–Crippen MR) is 67.4 cm³/mol. The molecule has 1 aromatic heterocycles.